The maximum atomic E-state index is 12.6. The van der Waals surface area contributed by atoms with E-state index in [9.17, 15) is 9.59 Å². The van der Waals surface area contributed by atoms with Crippen LogP contribution in [0, 0.1) is 5.41 Å². The molecule has 2 rings (SSSR count). The van der Waals surface area contributed by atoms with Gasteiger partial charge < -0.3 is 20.1 Å². The highest BCUT2D eigenvalue weighted by molar-refractivity contribution is 8.00. The Morgan fingerprint density at radius 3 is 2.23 bits per heavy atom. The molecule has 7 heteroatoms. The Bertz CT molecular complexity index is 876. The zero-order valence-corrected chi connectivity index (χ0v) is 19.2. The molecule has 0 spiro atoms. The first-order chi connectivity index (χ1) is 14.1. The third kappa shape index (κ3) is 7.30. The van der Waals surface area contributed by atoms with E-state index in [2.05, 4.69) is 10.6 Å². The zero-order valence-electron chi connectivity index (χ0n) is 18.4. The van der Waals surface area contributed by atoms with Crippen LogP contribution >= 0.6 is 11.8 Å². The largest absolute Gasteiger partial charge is 0.497 e. The summed E-state index contributed by atoms with van der Waals surface area (Å²) in [5.74, 6) is 1.05. The second-order valence-electron chi connectivity index (χ2n) is 8.13. The fourth-order valence-corrected chi connectivity index (χ4v) is 3.57. The summed E-state index contributed by atoms with van der Waals surface area (Å²) >= 11 is 1.44. The van der Waals surface area contributed by atoms with Crippen LogP contribution in [-0.4, -0.2) is 31.3 Å². The number of hydrogen-bond acceptors (Lipinski definition) is 5. The van der Waals surface area contributed by atoms with Crippen LogP contribution in [0.4, 0.5) is 11.4 Å². The Kier molecular flexibility index (Phi) is 8.17. The maximum Gasteiger partial charge on any atom is 0.237 e. The quantitative estimate of drug-likeness (QED) is 0.563. The highest BCUT2D eigenvalue weighted by Gasteiger charge is 2.18. The van der Waals surface area contributed by atoms with E-state index in [1.807, 2.05) is 52.0 Å². The van der Waals surface area contributed by atoms with Crippen molar-refractivity contribution >= 4 is 35.0 Å². The van der Waals surface area contributed by atoms with Crippen LogP contribution in [0.25, 0.3) is 0 Å². The molecule has 6 nitrogen and oxygen atoms in total. The molecule has 0 heterocycles. The summed E-state index contributed by atoms with van der Waals surface area (Å²) in [6, 6.07) is 12.7. The molecule has 1 atom stereocenters. The molecular weight excluding hydrogens is 400 g/mol. The number of benzene rings is 2. The van der Waals surface area contributed by atoms with Crippen LogP contribution in [0.3, 0.4) is 0 Å². The predicted octanol–water partition coefficient (Wildman–Crippen LogP) is 5.20. The first-order valence-electron chi connectivity index (χ1n) is 9.71. The fraction of sp³-hybridized carbons (Fsp3) is 0.391. The summed E-state index contributed by atoms with van der Waals surface area (Å²) in [5, 5.41) is 5.47. The van der Waals surface area contributed by atoms with Crippen molar-refractivity contribution in [3.63, 3.8) is 0 Å². The van der Waals surface area contributed by atoms with Crippen LogP contribution in [0.5, 0.6) is 11.5 Å². The molecule has 0 radical (unpaired) electrons. The van der Waals surface area contributed by atoms with Gasteiger partial charge in [-0.3, -0.25) is 9.59 Å². The Morgan fingerprint density at radius 2 is 1.67 bits per heavy atom. The topological polar surface area (TPSA) is 76.7 Å². The summed E-state index contributed by atoms with van der Waals surface area (Å²) in [6.07, 6.45) is 0.453. The fourth-order valence-electron chi connectivity index (χ4n) is 2.71. The van der Waals surface area contributed by atoms with Crippen molar-refractivity contribution in [3.8, 4) is 11.5 Å². The van der Waals surface area contributed by atoms with Gasteiger partial charge in [-0.2, -0.15) is 0 Å². The molecule has 1 unspecified atom stereocenters. The highest BCUT2D eigenvalue weighted by atomic mass is 32.2. The molecule has 0 fully saturated rings. The number of carbonyl (C=O) groups excluding carboxylic acids is 2. The standard InChI is InChI=1S/C23H30N2O4S/c1-15(22(27)25-19-13-17(28-5)9-12-20(19)29-6)30-18-10-7-16(8-11-18)24-21(26)14-23(2,3)4/h7-13,15H,14H2,1-6H3,(H,24,26)(H,25,27). The summed E-state index contributed by atoms with van der Waals surface area (Å²) in [4.78, 5) is 25.6. The van der Waals surface area contributed by atoms with Gasteiger partial charge in [-0.15, -0.1) is 11.8 Å². The van der Waals surface area contributed by atoms with Crippen LogP contribution in [0.1, 0.15) is 34.1 Å². The lowest BCUT2D eigenvalue weighted by molar-refractivity contribution is -0.118. The normalized spacial score (nSPS) is 12.1. The van der Waals surface area contributed by atoms with Gasteiger partial charge in [0, 0.05) is 23.1 Å². The molecule has 2 aromatic rings. The average Bonchev–Trinajstić information content (AvgIpc) is 2.67. The minimum Gasteiger partial charge on any atom is -0.497 e. The lowest BCUT2D eigenvalue weighted by Gasteiger charge is -2.17. The van der Waals surface area contributed by atoms with Crippen LogP contribution < -0.4 is 20.1 Å². The minimum absolute atomic E-state index is 0.0112. The molecule has 0 saturated carbocycles. The van der Waals surface area contributed by atoms with Gasteiger partial charge in [0.15, 0.2) is 0 Å². The number of rotatable bonds is 8. The molecule has 2 aromatic carbocycles. The second kappa shape index (κ2) is 10.4. The number of nitrogens with one attached hydrogen (secondary N) is 2. The van der Waals surface area contributed by atoms with Gasteiger partial charge in [0.05, 0.1) is 25.2 Å². The van der Waals surface area contributed by atoms with Crippen molar-refractivity contribution in [2.45, 2.75) is 44.3 Å². The molecule has 162 valence electrons. The summed E-state index contributed by atoms with van der Waals surface area (Å²) < 4.78 is 10.5. The van der Waals surface area contributed by atoms with E-state index in [1.165, 1.54) is 11.8 Å². The van der Waals surface area contributed by atoms with E-state index >= 15 is 0 Å². The third-order valence-corrected chi connectivity index (χ3v) is 5.29. The SMILES string of the molecule is COc1ccc(OC)c(NC(=O)C(C)Sc2ccc(NC(=O)CC(C)(C)C)cc2)c1. The van der Waals surface area contributed by atoms with Crippen LogP contribution in [-0.2, 0) is 9.59 Å². The monoisotopic (exact) mass is 430 g/mol. The Balaban J connectivity index is 1.96. The Labute approximate surface area is 182 Å². The summed E-state index contributed by atoms with van der Waals surface area (Å²) in [5.41, 5.74) is 1.24. The first kappa shape index (κ1) is 23.6. The van der Waals surface area contributed by atoms with E-state index in [4.69, 9.17) is 9.47 Å². The van der Waals surface area contributed by atoms with Crippen LogP contribution in [0.15, 0.2) is 47.4 Å². The predicted molar refractivity (Wildman–Crippen MR) is 123 cm³/mol. The van der Waals surface area contributed by atoms with E-state index in [0.717, 1.165) is 10.6 Å². The molecule has 0 aromatic heterocycles. The van der Waals surface area contributed by atoms with Crippen molar-refractivity contribution in [1.29, 1.82) is 0 Å². The Hall–Kier alpha value is -2.67. The molecule has 2 amide bonds. The molecular formula is C23H30N2O4S. The average molecular weight is 431 g/mol. The minimum atomic E-state index is -0.331. The summed E-state index contributed by atoms with van der Waals surface area (Å²) in [6.45, 7) is 7.92. The van der Waals surface area contributed by atoms with E-state index in [1.54, 1.807) is 32.4 Å². The van der Waals surface area contributed by atoms with Gasteiger partial charge >= 0.3 is 0 Å². The van der Waals surface area contributed by atoms with Gasteiger partial charge in [-0.1, -0.05) is 20.8 Å². The molecule has 30 heavy (non-hydrogen) atoms. The van der Waals surface area contributed by atoms with Crippen molar-refractivity contribution in [2.75, 3.05) is 24.9 Å². The molecule has 0 aliphatic carbocycles. The van der Waals surface area contributed by atoms with E-state index < -0.39 is 0 Å². The number of carbonyl (C=O) groups is 2. The van der Waals surface area contributed by atoms with Gasteiger partial charge in [0.1, 0.15) is 11.5 Å². The third-order valence-electron chi connectivity index (χ3n) is 4.18. The number of amides is 2. The first-order valence-corrected chi connectivity index (χ1v) is 10.6. The number of anilines is 2. The van der Waals surface area contributed by atoms with E-state index in [0.29, 0.717) is 23.6 Å². The van der Waals surface area contributed by atoms with Crippen molar-refractivity contribution < 1.29 is 19.1 Å². The van der Waals surface area contributed by atoms with Gasteiger partial charge in [-0.05, 0) is 48.7 Å². The van der Waals surface area contributed by atoms with Crippen molar-refractivity contribution in [1.82, 2.24) is 0 Å². The van der Waals surface area contributed by atoms with Crippen molar-refractivity contribution in [3.05, 3.63) is 42.5 Å². The number of hydrogen-bond donors (Lipinski definition) is 2. The van der Waals surface area contributed by atoms with Gasteiger partial charge in [0.2, 0.25) is 11.8 Å². The number of ether oxygens (including phenoxy) is 2. The van der Waals surface area contributed by atoms with Gasteiger partial charge in [0.25, 0.3) is 0 Å². The molecule has 0 bridgehead atoms. The molecule has 0 saturated heterocycles. The lowest BCUT2D eigenvalue weighted by atomic mass is 9.92. The number of thioether (sulfide) groups is 1. The molecule has 0 aliphatic heterocycles. The second-order valence-corrected chi connectivity index (χ2v) is 9.54. The molecule has 2 N–H and O–H groups in total. The van der Waals surface area contributed by atoms with Gasteiger partial charge in [-0.25, -0.2) is 0 Å². The maximum absolute atomic E-state index is 12.6. The highest BCUT2D eigenvalue weighted by Crippen LogP contribution is 2.31. The molecule has 0 aliphatic rings. The van der Waals surface area contributed by atoms with Crippen molar-refractivity contribution in [2.24, 2.45) is 5.41 Å². The lowest BCUT2D eigenvalue weighted by Crippen LogP contribution is -2.22. The summed E-state index contributed by atoms with van der Waals surface area (Å²) in [7, 11) is 3.12. The smallest absolute Gasteiger partial charge is 0.237 e. The Morgan fingerprint density at radius 1 is 1.00 bits per heavy atom. The van der Waals surface area contributed by atoms with E-state index in [-0.39, 0.29) is 22.5 Å². The number of methoxy groups -OCH3 is 2. The zero-order chi connectivity index (χ0) is 22.3. The van der Waals surface area contributed by atoms with Crippen LogP contribution in [0.2, 0.25) is 0 Å².